The average Bonchev–Trinajstić information content (AvgIpc) is 1.51. The summed E-state index contributed by atoms with van der Waals surface area (Å²) < 4.78 is 158. The minimum atomic E-state index is -5.60. The van der Waals surface area contributed by atoms with Gasteiger partial charge < -0.3 is 132 Å². The number of fused-ring (bicyclic) bond motifs is 4. The van der Waals surface area contributed by atoms with Gasteiger partial charge in [0, 0.05) is 25.9 Å². The second-order valence-corrected chi connectivity index (χ2v) is 31.8. The molecule has 6 saturated heterocycles. The van der Waals surface area contributed by atoms with Gasteiger partial charge in [-0.1, -0.05) is 51.5 Å². The van der Waals surface area contributed by atoms with Crippen molar-refractivity contribution in [2.75, 3.05) is 33.5 Å². The van der Waals surface area contributed by atoms with Gasteiger partial charge in [-0.3, -0.25) is 18.0 Å². The predicted octanol–water partition coefficient (Wildman–Crippen LogP) is -10.1. The summed E-state index contributed by atoms with van der Waals surface area (Å²) in [5.74, 6) is -1.70. The molecule has 0 aromatic heterocycles. The molecule has 10 aliphatic rings. The van der Waals surface area contributed by atoms with E-state index in [9.17, 15) is 96.8 Å². The molecular formula is C62H96Na2O35S2. The van der Waals surface area contributed by atoms with Gasteiger partial charge in [0.2, 0.25) is 20.8 Å². The van der Waals surface area contributed by atoms with Crippen molar-refractivity contribution in [2.24, 2.45) is 39.4 Å². The first-order chi connectivity index (χ1) is 46.0. The number of rotatable bonds is 22. The maximum absolute atomic E-state index is 14.8. The van der Waals surface area contributed by atoms with Crippen LogP contribution in [0.2, 0.25) is 0 Å². The second-order valence-electron chi connectivity index (χ2n) is 29.8. The van der Waals surface area contributed by atoms with Crippen molar-refractivity contribution in [3.8, 4) is 0 Å². The van der Waals surface area contributed by atoms with Crippen molar-refractivity contribution in [2.45, 2.75) is 278 Å². The average molecular weight is 1510 g/mol. The van der Waals surface area contributed by atoms with Crippen LogP contribution in [0, 0.1) is 39.4 Å². The van der Waals surface area contributed by atoms with Crippen molar-refractivity contribution in [3.05, 3.63) is 23.8 Å². The Morgan fingerprint density at radius 3 is 1.83 bits per heavy atom. The Kier molecular flexibility index (Phi) is 27.4. The number of methoxy groups -OCH3 is 1. The monoisotopic (exact) mass is 1510 g/mol. The summed E-state index contributed by atoms with van der Waals surface area (Å²) in [6.45, 7) is 12.0. The molecule has 29 unspecified atom stereocenters. The van der Waals surface area contributed by atoms with E-state index in [0.717, 1.165) is 12.7 Å². The van der Waals surface area contributed by atoms with E-state index < -0.39 is 252 Å². The number of ether oxygens (including phenoxy) is 13. The molecule has 0 aromatic rings. The second kappa shape index (κ2) is 32.3. The van der Waals surface area contributed by atoms with Crippen molar-refractivity contribution in [1.29, 1.82) is 0 Å². The number of allylic oxidation sites excluding steroid dienone is 2. The fourth-order valence-corrected chi connectivity index (χ4v) is 18.8. The van der Waals surface area contributed by atoms with Crippen molar-refractivity contribution in [1.82, 2.24) is 0 Å². The normalized spacial score (nSPS) is 47.7. The molecule has 0 radical (unpaired) electrons. The van der Waals surface area contributed by atoms with Gasteiger partial charge >= 0.3 is 71.1 Å². The van der Waals surface area contributed by atoms with Gasteiger partial charge in [0.05, 0.1) is 55.6 Å². The number of hydrogen-bond acceptors (Lipinski definition) is 35. The summed E-state index contributed by atoms with van der Waals surface area (Å²) in [5, 5.41) is 134. The van der Waals surface area contributed by atoms with Gasteiger partial charge in [0.25, 0.3) is 0 Å². The summed E-state index contributed by atoms with van der Waals surface area (Å²) in [5.41, 5.74) is -4.36. The largest absolute Gasteiger partial charge is 1.00 e. The van der Waals surface area contributed by atoms with Crippen LogP contribution in [0.15, 0.2) is 23.8 Å². The van der Waals surface area contributed by atoms with Gasteiger partial charge in [-0.2, -0.15) is 0 Å². The predicted molar refractivity (Wildman–Crippen MR) is 322 cm³/mol. The standard InChI is InChI=1S/C62H98O35S2.2Na/c1-25-45(92-53-44(74)47(37(67)31(22-64)89-53)93-52-43(73)46(83-10)38(68)32(90-52)24-85-98(77,78)79)42(72)49(94-51-41(71)40(70)36(66)30(21-63)88-51)55(86-25)95-48-39(69)33(97-99(80,81)82)23-84-54(48)91-35-15-18-59(7)27-14-19-62-50(61(9,96-56(62)75)17-11-16-57(3,4)76)29(87-26(2)65)20-60(62,8)28(27)12-13-34(59)58(35,5)6;;/h11-12,16,25,27,29-55,63-64,66-74,76H,13-15,17-24H2,1-10H3,(H,77,78,79)(H,80,81,82);;/q;2*+1/p-2/b16-11+;;/t25?,27?,29?,30?,31?,32?,33?,34?,35?,36?,37?,38?,39?,40?,41?,42?,43?,44?,45?,46?,47?,48?,49?,50?,51?,52?,53?,54?,55?,59-,60+,61+,62-;;/m1../s1. The number of aliphatic hydroxyl groups is 12. The first kappa shape index (κ1) is 85.8. The van der Waals surface area contributed by atoms with Gasteiger partial charge in [-0.15, -0.1) is 0 Å². The van der Waals surface area contributed by atoms with E-state index in [0.29, 0.717) is 38.5 Å². The molecule has 568 valence electrons. The van der Waals surface area contributed by atoms with Gasteiger partial charge in [-0.05, 0) is 88.9 Å². The minimum absolute atomic E-state index is 0. The number of aliphatic hydroxyl groups excluding tert-OH is 11. The molecule has 39 heteroatoms. The van der Waals surface area contributed by atoms with Crippen molar-refractivity contribution in [3.63, 3.8) is 0 Å². The van der Waals surface area contributed by atoms with Gasteiger partial charge in [-0.25, -0.2) is 16.8 Å². The third kappa shape index (κ3) is 16.7. The first-order valence-corrected chi connectivity index (χ1v) is 35.8. The van der Waals surface area contributed by atoms with Crippen LogP contribution in [0.3, 0.4) is 0 Å². The van der Waals surface area contributed by atoms with E-state index in [2.05, 4.69) is 24.1 Å². The van der Waals surface area contributed by atoms with Crippen molar-refractivity contribution < 1.29 is 226 Å². The number of esters is 2. The SMILES string of the molecule is COC1C(O)C(COS(=O)(=O)[O-])OC(OC2C(O)C(CO)OC(OC3C(C)OC(OC4C(OC5CC[C@]6(C)C7CC[C@]89C(=O)O[C@@](C)(C/C=C/C(C)(C)O)C8C(OC(C)=O)C[C@@]9(C)C7=CCC6C5(C)C)OCC(OS(=O)(=O)[O-])C4O)C(OC4OC(CO)C(O)C(O)C4O)C3O)C2O)C1O.[Na+].[Na+]. The minimum Gasteiger partial charge on any atom is -0.726 e. The smallest absolute Gasteiger partial charge is 0.726 e. The molecular weight excluding hydrogens is 1410 g/mol. The molecule has 0 bridgehead atoms. The number of carbonyl (C=O) groups is 2. The summed E-state index contributed by atoms with van der Waals surface area (Å²) >= 11 is 0. The molecule has 6 aliphatic heterocycles. The molecule has 33 atom stereocenters. The third-order valence-electron chi connectivity index (χ3n) is 22.7. The molecule has 6 heterocycles. The van der Waals surface area contributed by atoms with Gasteiger partial charge in [0.1, 0.15) is 122 Å². The van der Waals surface area contributed by atoms with E-state index in [1.807, 2.05) is 20.8 Å². The van der Waals surface area contributed by atoms with Crippen LogP contribution >= 0.6 is 0 Å². The Balaban J connectivity index is 0.00000648. The number of cyclic esters (lactones) is 1. The Hall–Kier alpha value is -0.760. The molecule has 9 fully saturated rings. The van der Waals surface area contributed by atoms with E-state index in [-0.39, 0.29) is 83.3 Å². The zero-order chi connectivity index (χ0) is 73.0. The topological polar surface area (TPSA) is 530 Å². The van der Waals surface area contributed by atoms with Crippen molar-refractivity contribution >= 4 is 32.7 Å². The molecule has 101 heavy (non-hydrogen) atoms. The molecule has 0 aromatic carbocycles. The quantitative estimate of drug-likeness (QED) is 0.0157. The van der Waals surface area contributed by atoms with Gasteiger partial charge in [0.15, 0.2) is 31.5 Å². The fraction of sp³-hybridized carbons (Fsp3) is 0.903. The van der Waals surface area contributed by atoms with Crippen LogP contribution in [0.1, 0.15) is 107 Å². The third-order valence-corrected chi connectivity index (χ3v) is 23.6. The summed E-state index contributed by atoms with van der Waals surface area (Å²) in [7, 11) is -9.94. The first-order valence-electron chi connectivity index (χ1n) is 33.1. The molecule has 0 amide bonds. The summed E-state index contributed by atoms with van der Waals surface area (Å²) in [4.78, 5) is 27.7. The molecule has 3 saturated carbocycles. The molecule has 35 nitrogen and oxygen atoms in total. The Bertz CT molecular complexity index is 3160. The molecule has 4 aliphatic carbocycles. The van der Waals surface area contributed by atoms with E-state index >= 15 is 0 Å². The van der Waals surface area contributed by atoms with E-state index in [1.54, 1.807) is 26.0 Å². The number of carbonyl (C=O) groups excluding carboxylic acids is 2. The van der Waals surface area contributed by atoms with Crippen LogP contribution < -0.4 is 59.1 Å². The van der Waals surface area contributed by atoms with Crippen LogP contribution in [0.5, 0.6) is 0 Å². The fourth-order valence-electron chi connectivity index (χ4n) is 18.0. The maximum Gasteiger partial charge on any atom is 1.00 e. The zero-order valence-corrected chi connectivity index (χ0v) is 64.0. The van der Waals surface area contributed by atoms with Crippen LogP contribution in [-0.2, 0) is 100 Å². The van der Waals surface area contributed by atoms with Crippen LogP contribution in [0.4, 0.5) is 0 Å². The number of hydrogen-bond donors (Lipinski definition) is 12. The molecule has 12 N–H and O–H groups in total. The summed E-state index contributed by atoms with van der Waals surface area (Å²) in [6.07, 6.45) is -40.1. The zero-order valence-electron chi connectivity index (χ0n) is 58.3. The maximum atomic E-state index is 14.8. The molecule has 10 rings (SSSR count). The Labute approximate surface area is 629 Å². The van der Waals surface area contributed by atoms with E-state index in [1.165, 1.54) is 13.8 Å². The van der Waals surface area contributed by atoms with Crippen LogP contribution in [-0.4, -0.2) is 304 Å². The summed E-state index contributed by atoms with van der Waals surface area (Å²) in [6, 6.07) is 0. The molecule has 1 spiro atoms. The van der Waals surface area contributed by atoms with E-state index in [4.69, 9.17) is 65.8 Å². The van der Waals surface area contributed by atoms with Crippen LogP contribution in [0.25, 0.3) is 0 Å². The Morgan fingerprint density at radius 1 is 0.673 bits per heavy atom. The Morgan fingerprint density at radius 2 is 1.24 bits per heavy atom.